The summed E-state index contributed by atoms with van der Waals surface area (Å²) in [7, 11) is 1.19. The summed E-state index contributed by atoms with van der Waals surface area (Å²) in [5.74, 6) is -2.57. The monoisotopic (exact) mass is 591 g/mol. The highest BCUT2D eigenvalue weighted by molar-refractivity contribution is 5.98. The smallest absolute Gasteiger partial charge is 0.418 e. The molecule has 10 nitrogen and oxygen atoms in total. The summed E-state index contributed by atoms with van der Waals surface area (Å²) in [5, 5.41) is 16.6. The molecule has 1 unspecified atom stereocenters. The van der Waals surface area contributed by atoms with E-state index in [2.05, 4.69) is 20.4 Å². The molecule has 2 fully saturated rings. The normalized spacial score (nSPS) is 21.7. The zero-order valence-corrected chi connectivity index (χ0v) is 21.3. The van der Waals surface area contributed by atoms with Gasteiger partial charge < -0.3 is 20.9 Å². The van der Waals surface area contributed by atoms with Crippen molar-refractivity contribution < 1.29 is 45.4 Å². The number of β-amino-alcohol motifs (C(OH)–C–C–N with tert-alkyl or cyclic N) is 1. The van der Waals surface area contributed by atoms with Gasteiger partial charge in [-0.15, -0.1) is 0 Å². The summed E-state index contributed by atoms with van der Waals surface area (Å²) in [4.78, 5) is 21.9. The van der Waals surface area contributed by atoms with E-state index in [0.29, 0.717) is 0 Å². The minimum Gasteiger partial charge on any atom is -0.480 e. The summed E-state index contributed by atoms with van der Waals surface area (Å²) in [5.41, 5.74) is 0.658. The number of halogens is 7. The summed E-state index contributed by atoms with van der Waals surface area (Å²) >= 11 is 0. The zero-order chi connectivity index (χ0) is 29.9. The number of rotatable bonds is 7. The second-order valence-electron chi connectivity index (χ2n) is 10.1. The van der Waals surface area contributed by atoms with Gasteiger partial charge in [-0.1, -0.05) is 0 Å². The van der Waals surface area contributed by atoms with Gasteiger partial charge in [0.15, 0.2) is 11.4 Å². The van der Waals surface area contributed by atoms with Gasteiger partial charge in [0.1, 0.15) is 23.6 Å². The van der Waals surface area contributed by atoms with E-state index in [1.54, 1.807) is 0 Å². The number of pyridine rings is 1. The van der Waals surface area contributed by atoms with E-state index in [4.69, 9.17) is 10.5 Å². The quantitative estimate of drug-likeness (QED) is 0.358. The number of carbonyl (C=O) groups is 1. The first-order valence-corrected chi connectivity index (χ1v) is 12.3. The number of nitrogens with two attached hydrogens (primary N) is 1. The number of fused-ring (bicyclic) bond motifs is 1. The van der Waals surface area contributed by atoms with Crippen LogP contribution in [0.4, 0.5) is 36.6 Å². The molecular formula is C24H24F7N7O3. The molecule has 3 atom stereocenters. The second kappa shape index (κ2) is 9.97. The molecule has 17 heteroatoms. The molecule has 0 bridgehead atoms. The molecule has 41 heavy (non-hydrogen) atoms. The Bertz CT molecular complexity index is 1470. The van der Waals surface area contributed by atoms with E-state index in [0.717, 1.165) is 34.1 Å². The van der Waals surface area contributed by atoms with Crippen molar-refractivity contribution in [2.75, 3.05) is 32.5 Å². The van der Waals surface area contributed by atoms with Gasteiger partial charge in [0, 0.05) is 31.4 Å². The van der Waals surface area contributed by atoms with Crippen LogP contribution in [0.15, 0.2) is 24.7 Å². The fourth-order valence-corrected chi connectivity index (χ4v) is 5.11. The van der Waals surface area contributed by atoms with Crippen LogP contribution in [0.5, 0.6) is 5.88 Å². The molecule has 2 aliphatic rings. The largest absolute Gasteiger partial charge is 0.480 e. The van der Waals surface area contributed by atoms with E-state index >= 15 is 0 Å². The van der Waals surface area contributed by atoms with Crippen molar-refractivity contribution in [1.29, 1.82) is 0 Å². The highest BCUT2D eigenvalue weighted by Gasteiger charge is 2.62. The first-order valence-electron chi connectivity index (χ1n) is 12.3. The minimum absolute atomic E-state index is 0.00377. The summed E-state index contributed by atoms with van der Waals surface area (Å²) in [6.07, 6.45) is -9.00. The van der Waals surface area contributed by atoms with Crippen LogP contribution in [-0.2, 0) is 6.18 Å². The van der Waals surface area contributed by atoms with Crippen molar-refractivity contribution in [2.24, 2.45) is 5.92 Å². The van der Waals surface area contributed by atoms with Crippen LogP contribution in [0.3, 0.4) is 0 Å². The van der Waals surface area contributed by atoms with Gasteiger partial charge in [0.25, 0.3) is 5.91 Å². The molecule has 1 saturated heterocycles. The lowest BCUT2D eigenvalue weighted by Crippen LogP contribution is -2.55. The maximum absolute atomic E-state index is 14.9. The number of nitrogens with zero attached hydrogens (tertiary/aromatic N) is 5. The summed E-state index contributed by atoms with van der Waals surface area (Å²) in [6, 6.07) is 0.683. The SMILES string of the molecule is COc1ncc(-c2cc(C(F)(F)F)c3c(N)ncnn23)cc1C(=O)N[C@@H]1CN(CC(O)(C2CC2)C(F)(F)F)C[C@@H]1F. The average molecular weight is 591 g/mol. The average Bonchev–Trinajstić information content (AvgIpc) is 3.59. The number of nitrogens with one attached hydrogen (secondary N) is 1. The molecular weight excluding hydrogens is 567 g/mol. The van der Waals surface area contributed by atoms with Gasteiger partial charge in [-0.25, -0.2) is 18.9 Å². The van der Waals surface area contributed by atoms with E-state index in [-0.39, 0.29) is 42.1 Å². The number of carbonyl (C=O) groups excluding carboxylic acids is 1. The maximum Gasteiger partial charge on any atom is 0.418 e. The fourth-order valence-electron chi connectivity index (χ4n) is 5.11. The highest BCUT2D eigenvalue weighted by Crippen LogP contribution is 2.49. The predicted octanol–water partition coefficient (Wildman–Crippen LogP) is 2.86. The number of alkyl halides is 7. The molecule has 3 aromatic heterocycles. The molecule has 0 radical (unpaired) electrons. The number of ether oxygens (including phenoxy) is 1. The lowest BCUT2D eigenvalue weighted by atomic mass is 9.96. The number of anilines is 1. The van der Waals surface area contributed by atoms with Crippen LogP contribution in [0, 0.1) is 5.92 Å². The van der Waals surface area contributed by atoms with Crippen LogP contribution >= 0.6 is 0 Å². The van der Waals surface area contributed by atoms with Crippen LogP contribution < -0.4 is 15.8 Å². The Labute approximate surface area is 227 Å². The molecule has 1 amide bonds. The first-order chi connectivity index (χ1) is 19.1. The third-order valence-corrected chi connectivity index (χ3v) is 7.32. The molecule has 222 valence electrons. The zero-order valence-electron chi connectivity index (χ0n) is 21.3. The van der Waals surface area contributed by atoms with Crippen molar-refractivity contribution in [3.05, 3.63) is 35.8 Å². The Morgan fingerprint density at radius 1 is 1.17 bits per heavy atom. The van der Waals surface area contributed by atoms with Gasteiger partial charge >= 0.3 is 12.4 Å². The van der Waals surface area contributed by atoms with Crippen molar-refractivity contribution >= 4 is 17.2 Å². The number of hydrogen-bond acceptors (Lipinski definition) is 8. The first kappa shape index (κ1) is 28.8. The maximum atomic E-state index is 14.9. The minimum atomic E-state index is -4.91. The number of hydrogen-bond donors (Lipinski definition) is 3. The highest BCUT2D eigenvalue weighted by atomic mass is 19.4. The van der Waals surface area contributed by atoms with Crippen molar-refractivity contribution in [3.63, 3.8) is 0 Å². The molecule has 4 N–H and O–H groups in total. The van der Waals surface area contributed by atoms with Crippen LogP contribution in [0.25, 0.3) is 16.8 Å². The third kappa shape index (κ3) is 5.23. The summed E-state index contributed by atoms with van der Waals surface area (Å²) < 4.78 is 103. The topological polar surface area (TPSA) is 131 Å². The van der Waals surface area contributed by atoms with Crippen LogP contribution in [0.2, 0.25) is 0 Å². The Morgan fingerprint density at radius 3 is 2.49 bits per heavy atom. The Kier molecular flexibility index (Phi) is 7.00. The van der Waals surface area contributed by atoms with Crippen LogP contribution in [-0.4, -0.2) is 86.2 Å². The molecule has 4 heterocycles. The number of aromatic nitrogens is 4. The van der Waals surface area contributed by atoms with Gasteiger partial charge in [0.05, 0.1) is 24.4 Å². The summed E-state index contributed by atoms with van der Waals surface area (Å²) in [6.45, 7) is -1.62. The molecule has 1 aliphatic heterocycles. The van der Waals surface area contributed by atoms with E-state index in [9.17, 15) is 40.6 Å². The van der Waals surface area contributed by atoms with Gasteiger partial charge in [-0.2, -0.15) is 31.4 Å². The third-order valence-electron chi connectivity index (χ3n) is 7.32. The number of methoxy groups -OCH3 is 1. The Balaban J connectivity index is 1.41. The Hall–Kier alpha value is -3.73. The van der Waals surface area contributed by atoms with E-state index in [1.807, 2.05) is 0 Å². The number of nitrogen functional groups attached to an aromatic ring is 1. The predicted molar refractivity (Wildman–Crippen MR) is 129 cm³/mol. The standard InChI is InChI=1S/C24H24F7N7O3/c1-41-21-13(4-11(6-33-21)17-5-14(23(26,27)28)18-19(32)34-10-35-38(17)18)20(39)36-16-8-37(7-15(16)25)9-22(40,12-2-3-12)24(29,30)31/h4-6,10,12,15-16,40H,2-3,7-9H2,1H3,(H,36,39)(H2,32,34,35)/t15-,16+,22?/m0/s1. The Morgan fingerprint density at radius 2 is 1.88 bits per heavy atom. The van der Waals surface area contributed by atoms with Gasteiger partial charge in [-0.3, -0.25) is 9.69 Å². The lowest BCUT2D eigenvalue weighted by Gasteiger charge is -2.34. The van der Waals surface area contributed by atoms with Gasteiger partial charge in [-0.05, 0) is 30.9 Å². The van der Waals surface area contributed by atoms with Crippen molar-refractivity contribution in [2.45, 2.75) is 43.0 Å². The molecule has 5 rings (SSSR count). The second-order valence-corrected chi connectivity index (χ2v) is 10.1. The van der Waals surface area contributed by atoms with Crippen molar-refractivity contribution in [1.82, 2.24) is 29.8 Å². The van der Waals surface area contributed by atoms with E-state index < -0.39 is 72.0 Å². The van der Waals surface area contributed by atoms with Crippen LogP contribution in [0.1, 0.15) is 28.8 Å². The van der Waals surface area contributed by atoms with Crippen molar-refractivity contribution in [3.8, 4) is 17.1 Å². The molecule has 1 saturated carbocycles. The fraction of sp³-hybridized carbons (Fsp3) is 0.500. The molecule has 0 spiro atoms. The number of likely N-dealkylation sites (tertiary alicyclic amines) is 1. The number of amides is 1. The van der Waals surface area contributed by atoms with Gasteiger partial charge in [0.2, 0.25) is 5.88 Å². The number of aliphatic hydroxyl groups is 1. The molecule has 3 aromatic rings. The van der Waals surface area contributed by atoms with E-state index in [1.165, 1.54) is 7.11 Å². The lowest BCUT2D eigenvalue weighted by molar-refractivity contribution is -0.272. The molecule has 1 aliphatic carbocycles. The molecule has 0 aromatic carbocycles.